The Kier molecular flexibility index (Phi) is 4.73. The van der Waals surface area contributed by atoms with E-state index in [4.69, 9.17) is 5.73 Å². The number of carbonyl (C=O) groups is 1. The van der Waals surface area contributed by atoms with Gasteiger partial charge in [0.25, 0.3) is 0 Å². The number of carbonyl (C=O) groups excluding carboxylic acids is 1. The summed E-state index contributed by atoms with van der Waals surface area (Å²) in [6, 6.07) is 8.27. The van der Waals surface area contributed by atoms with Crippen molar-refractivity contribution >= 4 is 61.6 Å². The van der Waals surface area contributed by atoms with Gasteiger partial charge >= 0.3 is 0 Å². The first-order chi connectivity index (χ1) is 12.2. The number of hydrogen-bond acceptors (Lipinski definition) is 9. The second-order valence-corrected chi connectivity index (χ2v) is 8.60. The minimum Gasteiger partial charge on any atom is -0.374 e. The fourth-order valence-electron chi connectivity index (χ4n) is 2.76. The highest BCUT2D eigenvalue weighted by Gasteiger charge is 2.23. The molecule has 0 saturated carbocycles. The molecular weight excluding hydrogens is 376 g/mol. The molecule has 25 heavy (non-hydrogen) atoms. The predicted octanol–water partition coefficient (Wildman–Crippen LogP) is 2.17. The summed E-state index contributed by atoms with van der Waals surface area (Å²) < 4.78 is 6.53. The molecule has 0 aliphatic carbocycles. The van der Waals surface area contributed by atoms with Crippen LogP contribution in [0.3, 0.4) is 0 Å². The zero-order chi connectivity index (χ0) is 17.2. The monoisotopic (exact) mass is 392 g/mol. The Bertz CT molecular complexity index is 886. The molecule has 0 unspecified atom stereocenters. The number of anilines is 2. The fourth-order valence-corrected chi connectivity index (χ4v) is 5.10. The second kappa shape index (κ2) is 7.14. The number of nitrogen functional groups attached to an aromatic ring is 1. The van der Waals surface area contributed by atoms with Crippen LogP contribution in [0.4, 0.5) is 10.9 Å². The van der Waals surface area contributed by atoms with Crippen molar-refractivity contribution in [2.45, 2.75) is 4.34 Å². The molecule has 1 saturated heterocycles. The van der Waals surface area contributed by atoms with E-state index in [9.17, 15) is 4.79 Å². The van der Waals surface area contributed by atoms with Crippen LogP contribution in [0.5, 0.6) is 0 Å². The predicted molar refractivity (Wildman–Crippen MR) is 103 cm³/mol. The number of rotatable bonds is 4. The SMILES string of the molecule is Nc1nnc(SCC(=O)N2CCN(c3nsc4ccccc34)CC2)s1. The summed E-state index contributed by atoms with van der Waals surface area (Å²) in [5, 5.41) is 9.31. The van der Waals surface area contributed by atoms with Gasteiger partial charge in [-0.15, -0.1) is 10.2 Å². The molecule has 130 valence electrons. The summed E-state index contributed by atoms with van der Waals surface area (Å²) in [5.74, 6) is 1.53. The van der Waals surface area contributed by atoms with Gasteiger partial charge in [-0.25, -0.2) is 0 Å². The first-order valence-corrected chi connectivity index (χ1v) is 10.4. The molecule has 4 rings (SSSR count). The summed E-state index contributed by atoms with van der Waals surface area (Å²) >= 11 is 4.23. The minimum absolute atomic E-state index is 0.126. The van der Waals surface area contributed by atoms with Crippen LogP contribution in [-0.2, 0) is 4.79 Å². The summed E-state index contributed by atoms with van der Waals surface area (Å²) in [6.07, 6.45) is 0. The Hall–Kier alpha value is -1.91. The van der Waals surface area contributed by atoms with Crippen LogP contribution in [-0.4, -0.2) is 57.3 Å². The summed E-state index contributed by atoms with van der Waals surface area (Å²) in [7, 11) is 0. The molecule has 10 heteroatoms. The van der Waals surface area contributed by atoms with Gasteiger partial charge in [-0.3, -0.25) is 4.79 Å². The van der Waals surface area contributed by atoms with Gasteiger partial charge in [0.1, 0.15) is 5.82 Å². The van der Waals surface area contributed by atoms with E-state index in [2.05, 4.69) is 31.6 Å². The van der Waals surface area contributed by atoms with E-state index in [0.29, 0.717) is 24.0 Å². The van der Waals surface area contributed by atoms with Crippen molar-refractivity contribution in [3.05, 3.63) is 24.3 Å². The van der Waals surface area contributed by atoms with Crippen LogP contribution in [0.2, 0.25) is 0 Å². The molecule has 0 atom stereocenters. The number of benzene rings is 1. The van der Waals surface area contributed by atoms with Crippen LogP contribution < -0.4 is 10.6 Å². The lowest BCUT2D eigenvalue weighted by Crippen LogP contribution is -2.49. The van der Waals surface area contributed by atoms with Crippen molar-refractivity contribution in [3.8, 4) is 0 Å². The fraction of sp³-hybridized carbons (Fsp3) is 0.333. The molecule has 1 amide bonds. The zero-order valence-electron chi connectivity index (χ0n) is 13.3. The van der Waals surface area contributed by atoms with Crippen LogP contribution in [0.15, 0.2) is 28.6 Å². The molecule has 3 aromatic rings. The van der Waals surface area contributed by atoms with Gasteiger partial charge in [-0.2, -0.15) is 4.37 Å². The minimum atomic E-state index is 0.126. The van der Waals surface area contributed by atoms with Crippen molar-refractivity contribution in [1.29, 1.82) is 0 Å². The van der Waals surface area contributed by atoms with Gasteiger partial charge in [-0.05, 0) is 23.7 Å². The van der Waals surface area contributed by atoms with Gasteiger partial charge < -0.3 is 15.5 Å². The third kappa shape index (κ3) is 3.55. The summed E-state index contributed by atoms with van der Waals surface area (Å²) in [4.78, 5) is 16.6. The number of nitrogens with zero attached hydrogens (tertiary/aromatic N) is 5. The number of nitrogens with two attached hydrogens (primary N) is 1. The average Bonchev–Trinajstić information content (AvgIpc) is 3.26. The highest BCUT2D eigenvalue weighted by Crippen LogP contribution is 2.30. The van der Waals surface area contributed by atoms with E-state index in [0.717, 1.165) is 23.2 Å². The zero-order valence-corrected chi connectivity index (χ0v) is 15.7. The lowest BCUT2D eigenvalue weighted by molar-refractivity contribution is -0.128. The number of amides is 1. The van der Waals surface area contributed by atoms with Gasteiger partial charge in [0.15, 0.2) is 4.34 Å². The molecular formula is C15H16N6OS3. The van der Waals surface area contributed by atoms with E-state index < -0.39 is 0 Å². The molecule has 7 nitrogen and oxygen atoms in total. The molecule has 1 aliphatic rings. The highest BCUT2D eigenvalue weighted by molar-refractivity contribution is 8.01. The quantitative estimate of drug-likeness (QED) is 0.681. The lowest BCUT2D eigenvalue weighted by atomic mass is 10.2. The maximum Gasteiger partial charge on any atom is 0.233 e. The first-order valence-electron chi connectivity index (χ1n) is 7.79. The van der Waals surface area contributed by atoms with Crippen LogP contribution in [0, 0.1) is 0 Å². The van der Waals surface area contributed by atoms with Gasteiger partial charge in [0, 0.05) is 31.6 Å². The largest absolute Gasteiger partial charge is 0.374 e. The van der Waals surface area contributed by atoms with Crippen LogP contribution in [0.25, 0.3) is 10.1 Å². The number of piperazine rings is 1. The van der Waals surface area contributed by atoms with Crippen LogP contribution in [0.1, 0.15) is 0 Å². The molecule has 1 aliphatic heterocycles. The van der Waals surface area contributed by atoms with E-state index >= 15 is 0 Å². The average molecular weight is 393 g/mol. The Morgan fingerprint density at radius 3 is 2.76 bits per heavy atom. The molecule has 0 spiro atoms. The molecule has 0 bridgehead atoms. The van der Waals surface area contributed by atoms with Crippen molar-refractivity contribution in [2.75, 3.05) is 42.6 Å². The smallest absolute Gasteiger partial charge is 0.233 e. The normalized spacial score (nSPS) is 15.0. The number of fused-ring (bicyclic) bond motifs is 1. The molecule has 2 aromatic heterocycles. The molecule has 1 aromatic carbocycles. The van der Waals surface area contributed by atoms with Crippen molar-refractivity contribution in [3.63, 3.8) is 0 Å². The van der Waals surface area contributed by atoms with E-state index in [-0.39, 0.29) is 5.91 Å². The Morgan fingerprint density at radius 1 is 1.20 bits per heavy atom. The standard InChI is InChI=1S/C15H16N6OS3/c16-14-17-18-15(24-14)23-9-12(22)20-5-7-21(8-6-20)13-10-3-1-2-4-11(10)25-19-13/h1-4H,5-9H2,(H2,16,17). The third-order valence-corrected chi connectivity index (χ3v) is 6.72. The maximum absolute atomic E-state index is 12.4. The van der Waals surface area contributed by atoms with Gasteiger partial charge in [-0.1, -0.05) is 35.2 Å². The van der Waals surface area contributed by atoms with Crippen molar-refractivity contribution in [2.24, 2.45) is 0 Å². The lowest BCUT2D eigenvalue weighted by Gasteiger charge is -2.35. The van der Waals surface area contributed by atoms with Gasteiger partial charge in [0.2, 0.25) is 11.0 Å². The summed E-state index contributed by atoms with van der Waals surface area (Å²) in [6.45, 7) is 3.03. The number of aromatic nitrogens is 3. The van der Waals surface area contributed by atoms with E-state index in [1.807, 2.05) is 17.0 Å². The topological polar surface area (TPSA) is 88.2 Å². The highest BCUT2D eigenvalue weighted by atomic mass is 32.2. The van der Waals surface area contributed by atoms with Crippen LogP contribution >= 0.6 is 34.6 Å². The number of thioether (sulfide) groups is 1. The Labute approximate surface area is 157 Å². The van der Waals surface area contributed by atoms with Crippen molar-refractivity contribution in [1.82, 2.24) is 19.5 Å². The van der Waals surface area contributed by atoms with Gasteiger partial charge in [0.05, 0.1) is 10.5 Å². The third-order valence-electron chi connectivity index (χ3n) is 4.03. The van der Waals surface area contributed by atoms with E-state index in [1.165, 1.54) is 44.7 Å². The maximum atomic E-state index is 12.4. The Morgan fingerprint density at radius 2 is 2.00 bits per heavy atom. The summed E-state index contributed by atoms with van der Waals surface area (Å²) in [5.41, 5.74) is 5.55. The Balaban J connectivity index is 1.34. The van der Waals surface area contributed by atoms with E-state index in [1.54, 1.807) is 0 Å². The number of hydrogen-bond donors (Lipinski definition) is 1. The molecule has 2 N–H and O–H groups in total. The first kappa shape index (κ1) is 16.6. The molecule has 1 fully saturated rings. The molecule has 3 heterocycles. The molecule has 0 radical (unpaired) electrons. The van der Waals surface area contributed by atoms with Crippen molar-refractivity contribution < 1.29 is 4.79 Å². The second-order valence-electron chi connectivity index (χ2n) is 5.57.